The van der Waals surface area contributed by atoms with Gasteiger partial charge in [-0.3, -0.25) is 4.79 Å². The van der Waals surface area contributed by atoms with Gasteiger partial charge in [-0.05, 0) is 55.5 Å². The molecule has 33 heavy (non-hydrogen) atoms. The van der Waals surface area contributed by atoms with Gasteiger partial charge in [0.25, 0.3) is 5.91 Å². The molecule has 0 aliphatic carbocycles. The summed E-state index contributed by atoms with van der Waals surface area (Å²) in [5, 5.41) is 3.12. The first kappa shape index (κ1) is 24.3. The van der Waals surface area contributed by atoms with E-state index in [1.165, 1.54) is 17.5 Å². The number of amides is 1. The number of fused-ring (bicyclic) bond motifs is 1. The average molecular weight is 456 g/mol. The number of ether oxygens (including phenoxy) is 1. The molecule has 4 rings (SSSR count). The molecule has 1 saturated heterocycles. The summed E-state index contributed by atoms with van der Waals surface area (Å²) in [6.07, 6.45) is 5.62. The van der Waals surface area contributed by atoms with Crippen molar-refractivity contribution in [1.29, 1.82) is 0 Å². The van der Waals surface area contributed by atoms with Crippen LogP contribution in [0.1, 0.15) is 51.7 Å². The highest BCUT2D eigenvalue weighted by Gasteiger charge is 2.25. The van der Waals surface area contributed by atoms with E-state index in [9.17, 15) is 9.59 Å². The molecule has 0 spiro atoms. The average Bonchev–Trinajstić information content (AvgIpc) is 3.20. The second-order valence-electron chi connectivity index (χ2n) is 8.12. The van der Waals surface area contributed by atoms with E-state index < -0.39 is 0 Å². The Morgan fingerprint density at radius 3 is 2.91 bits per heavy atom. The Morgan fingerprint density at radius 2 is 2.15 bits per heavy atom. The Kier molecular flexibility index (Phi) is 8.10. The van der Waals surface area contributed by atoms with E-state index in [2.05, 4.69) is 32.5 Å². The van der Waals surface area contributed by atoms with E-state index in [0.29, 0.717) is 23.6 Å². The minimum atomic E-state index is -0.220. The van der Waals surface area contributed by atoms with Crippen LogP contribution in [-0.4, -0.2) is 53.8 Å². The Morgan fingerprint density at radius 1 is 1.36 bits per heavy atom. The number of likely N-dealkylation sites (tertiary alicyclic amines) is 1. The number of nitrogens with zero attached hydrogens (tertiary/aromatic N) is 3. The van der Waals surface area contributed by atoms with Crippen molar-refractivity contribution >= 4 is 24.0 Å². The highest BCUT2D eigenvalue weighted by Crippen LogP contribution is 2.26. The minimum absolute atomic E-state index is 0. The first-order chi connectivity index (χ1) is 15.5. The fraction of sp³-hybridized carbons (Fsp3) is 0.391. The maximum absolute atomic E-state index is 12.6. The van der Waals surface area contributed by atoms with E-state index >= 15 is 0 Å². The van der Waals surface area contributed by atoms with Gasteiger partial charge in [-0.2, -0.15) is 0 Å². The number of piperidine rings is 1. The fourth-order valence-corrected chi connectivity index (χ4v) is 4.25. The molecule has 0 unspecified atom stereocenters. The van der Waals surface area contributed by atoms with E-state index in [1.54, 1.807) is 18.3 Å². The highest BCUT2D eigenvalue weighted by molar-refractivity contribution is 5.95. The molecule has 10 heteroatoms. The van der Waals surface area contributed by atoms with Crippen molar-refractivity contribution in [2.45, 2.75) is 38.8 Å². The molecule has 0 saturated carbocycles. The lowest BCUT2D eigenvalue weighted by Crippen LogP contribution is -2.45. The molecule has 0 bridgehead atoms. The number of esters is 1. The predicted octanol–water partition coefficient (Wildman–Crippen LogP) is 2.03. The minimum Gasteiger partial charge on any atom is -0.457 e. The first-order valence-electron chi connectivity index (χ1n) is 10.8. The molecular weight excluding hydrogens is 422 g/mol. The lowest BCUT2D eigenvalue weighted by molar-refractivity contribution is 0.0534. The van der Waals surface area contributed by atoms with E-state index in [1.807, 2.05) is 12.1 Å². The second kappa shape index (κ2) is 11.0. The molecule has 1 amide bonds. The predicted molar refractivity (Wildman–Crippen MR) is 128 cm³/mol. The molecule has 2 aromatic rings. The number of pyridine rings is 1. The zero-order chi connectivity index (χ0) is 22.5. The van der Waals surface area contributed by atoms with Crippen molar-refractivity contribution < 1.29 is 15.8 Å². The van der Waals surface area contributed by atoms with Crippen molar-refractivity contribution in [3.8, 4) is 0 Å². The summed E-state index contributed by atoms with van der Waals surface area (Å²) in [6, 6.07) is 7.39. The van der Waals surface area contributed by atoms with Gasteiger partial charge in [-0.15, -0.1) is 0 Å². The van der Waals surface area contributed by atoms with Crippen LogP contribution >= 0.6 is 0 Å². The summed E-state index contributed by atoms with van der Waals surface area (Å²) in [4.78, 5) is 34.8. The number of hydrogen-bond acceptors (Lipinski definition) is 8. The van der Waals surface area contributed by atoms with E-state index in [-0.39, 0.29) is 25.5 Å². The first-order valence-corrected chi connectivity index (χ1v) is 10.8. The molecule has 2 aliphatic heterocycles. The van der Waals surface area contributed by atoms with Crippen LogP contribution in [0.5, 0.6) is 0 Å². The number of cyclic esters (lactones) is 1. The van der Waals surface area contributed by atoms with Crippen LogP contribution in [0.2, 0.25) is 0 Å². The Bertz CT molecular complexity index is 1040. The fourth-order valence-electron chi connectivity index (χ4n) is 4.25. The monoisotopic (exact) mass is 455 g/mol. The topological polar surface area (TPSA) is 157 Å². The number of hydrogen-bond donors (Lipinski definition) is 4. The number of benzene rings is 1. The van der Waals surface area contributed by atoms with Crippen molar-refractivity contribution in [2.24, 2.45) is 10.8 Å². The summed E-state index contributed by atoms with van der Waals surface area (Å²) >= 11 is 0. The van der Waals surface area contributed by atoms with Crippen LogP contribution in [0.25, 0.3) is 0 Å². The quantitative estimate of drug-likeness (QED) is 0.162. The van der Waals surface area contributed by atoms with E-state index in [0.717, 1.165) is 44.5 Å². The Hall–Kier alpha value is -3.34. The lowest BCUT2D eigenvalue weighted by atomic mass is 9.96. The number of nitrogens with two attached hydrogens (primary N) is 1. The van der Waals surface area contributed by atoms with Crippen molar-refractivity contribution in [3.63, 3.8) is 0 Å². The molecule has 1 aromatic heterocycles. The number of carbonyl (C=O) groups is 2. The van der Waals surface area contributed by atoms with Gasteiger partial charge >= 0.3 is 5.97 Å². The molecule has 10 nitrogen and oxygen atoms in total. The third-order valence-corrected chi connectivity index (χ3v) is 6.18. The SMILES string of the molecule is Cc1c(CCN2CCC(NC(=O)c3ccnc(N=CNN)c3)CC2)ccc2c1COC2=O.N.[HH]. The van der Waals surface area contributed by atoms with Crippen LogP contribution in [0.4, 0.5) is 5.82 Å². The number of rotatable bonds is 7. The van der Waals surface area contributed by atoms with Crippen LogP contribution in [0, 0.1) is 6.92 Å². The summed E-state index contributed by atoms with van der Waals surface area (Å²) in [5.74, 6) is 5.25. The maximum Gasteiger partial charge on any atom is 0.338 e. The van der Waals surface area contributed by atoms with Gasteiger partial charge in [0.15, 0.2) is 5.82 Å². The molecule has 0 radical (unpaired) electrons. The van der Waals surface area contributed by atoms with Gasteiger partial charge in [0.1, 0.15) is 12.9 Å². The van der Waals surface area contributed by atoms with Gasteiger partial charge in [-0.25, -0.2) is 20.6 Å². The number of hydrazine groups is 1. The van der Waals surface area contributed by atoms with Gasteiger partial charge in [0, 0.05) is 44.4 Å². The number of aromatic nitrogens is 1. The van der Waals surface area contributed by atoms with Crippen molar-refractivity contribution in [1.82, 2.24) is 26.8 Å². The Labute approximate surface area is 194 Å². The summed E-state index contributed by atoms with van der Waals surface area (Å²) in [7, 11) is 0. The molecule has 1 fully saturated rings. The number of carbonyl (C=O) groups excluding carboxylic acids is 2. The van der Waals surface area contributed by atoms with Crippen LogP contribution < -0.4 is 22.7 Å². The molecule has 7 N–H and O–H groups in total. The van der Waals surface area contributed by atoms with Crippen LogP contribution in [0.15, 0.2) is 35.5 Å². The number of nitrogens with one attached hydrogen (secondary N) is 2. The third kappa shape index (κ3) is 5.72. The van der Waals surface area contributed by atoms with Gasteiger partial charge in [0.2, 0.25) is 0 Å². The number of aliphatic imine (C=N–C) groups is 1. The molecule has 0 atom stereocenters. The van der Waals surface area contributed by atoms with Crippen LogP contribution in [0.3, 0.4) is 0 Å². The van der Waals surface area contributed by atoms with Crippen LogP contribution in [-0.2, 0) is 17.8 Å². The zero-order valence-electron chi connectivity index (χ0n) is 18.8. The molecular formula is C23H33N7O3. The molecule has 2 aliphatic rings. The van der Waals surface area contributed by atoms with Gasteiger partial charge in [-0.1, -0.05) is 6.07 Å². The van der Waals surface area contributed by atoms with Gasteiger partial charge < -0.3 is 26.5 Å². The Balaban J connectivity index is 0.00000204. The second-order valence-corrected chi connectivity index (χ2v) is 8.12. The van der Waals surface area contributed by atoms with E-state index in [4.69, 9.17) is 10.6 Å². The summed E-state index contributed by atoms with van der Waals surface area (Å²) < 4.78 is 5.15. The van der Waals surface area contributed by atoms with Crippen molar-refractivity contribution in [3.05, 3.63) is 58.3 Å². The largest absolute Gasteiger partial charge is 0.457 e. The smallest absolute Gasteiger partial charge is 0.338 e. The summed E-state index contributed by atoms with van der Waals surface area (Å²) in [5.41, 5.74) is 7.00. The van der Waals surface area contributed by atoms with Gasteiger partial charge in [0.05, 0.1) is 5.56 Å². The molecule has 178 valence electrons. The van der Waals surface area contributed by atoms with Crippen molar-refractivity contribution in [2.75, 3.05) is 19.6 Å². The normalized spacial score (nSPS) is 16.2. The standard InChI is InChI=1S/C23H28N6O3.H3N.H2/c1-15-16(2-3-19-20(15)13-32-23(19)31)5-9-29-10-6-18(7-11-29)28-22(30)17-4-8-25-21(12-17)26-14-27-24;;/h2-4,8,12,14,18H,5-7,9-11,13,24H2,1H3,(H,28,30)(H,25,26,27);1H3;1H. The third-order valence-electron chi connectivity index (χ3n) is 6.18. The highest BCUT2D eigenvalue weighted by atomic mass is 16.5. The summed E-state index contributed by atoms with van der Waals surface area (Å²) in [6.45, 7) is 5.28. The lowest BCUT2D eigenvalue weighted by Gasteiger charge is -2.32. The molecule has 1 aromatic carbocycles. The maximum atomic E-state index is 12.6. The molecule has 3 heterocycles. The zero-order valence-corrected chi connectivity index (χ0v) is 18.8.